The Labute approximate surface area is 133 Å². The number of nitrogens with two attached hydrogens (primary N) is 1. The Bertz CT molecular complexity index is 783. The number of carboxylic acid groups (broad SMARTS) is 1. The predicted molar refractivity (Wildman–Crippen MR) is 85.9 cm³/mol. The Morgan fingerprint density at radius 3 is 2.70 bits per heavy atom. The molecule has 1 aliphatic heterocycles. The van der Waals surface area contributed by atoms with Crippen LogP contribution in [0.4, 0.5) is 5.69 Å². The molecule has 0 spiro atoms. The number of anilines is 1. The zero-order valence-corrected chi connectivity index (χ0v) is 12.5. The summed E-state index contributed by atoms with van der Waals surface area (Å²) >= 11 is 0. The van der Waals surface area contributed by atoms with Crippen molar-refractivity contribution in [1.29, 1.82) is 0 Å². The van der Waals surface area contributed by atoms with Crippen LogP contribution in [0.5, 0.6) is 5.75 Å². The van der Waals surface area contributed by atoms with E-state index < -0.39 is 11.9 Å². The average Bonchev–Trinajstić information content (AvgIpc) is 2.52. The highest BCUT2D eigenvalue weighted by Gasteiger charge is 2.21. The van der Waals surface area contributed by atoms with Gasteiger partial charge in [0.25, 0.3) is 0 Å². The summed E-state index contributed by atoms with van der Waals surface area (Å²) in [7, 11) is 0. The van der Waals surface area contributed by atoms with E-state index in [2.05, 4.69) is 0 Å². The van der Waals surface area contributed by atoms with Gasteiger partial charge in [-0.15, -0.1) is 0 Å². The molecule has 0 aliphatic carbocycles. The molecule has 3 rings (SSSR count). The molecule has 0 aromatic heterocycles. The second-order valence-electron chi connectivity index (χ2n) is 5.60. The van der Waals surface area contributed by atoms with Crippen molar-refractivity contribution in [2.24, 2.45) is 0 Å². The van der Waals surface area contributed by atoms with Crippen molar-refractivity contribution in [1.82, 2.24) is 0 Å². The normalized spacial score (nSPS) is 14.3. The molecule has 5 heteroatoms. The van der Waals surface area contributed by atoms with Crippen molar-refractivity contribution in [2.75, 3.05) is 5.73 Å². The summed E-state index contributed by atoms with van der Waals surface area (Å²) < 4.78 is 5.49. The lowest BCUT2D eigenvalue weighted by atomic mass is 9.96. The van der Waals surface area contributed by atoms with Crippen LogP contribution in [0.15, 0.2) is 36.4 Å². The smallest absolute Gasteiger partial charge is 0.343 e. The van der Waals surface area contributed by atoms with Gasteiger partial charge in [-0.25, -0.2) is 9.59 Å². The number of carbonyl (C=O) groups excluding carboxylic acids is 1. The Balaban J connectivity index is 2.06. The molecule has 23 heavy (non-hydrogen) atoms. The van der Waals surface area contributed by atoms with Gasteiger partial charge in [0.05, 0.1) is 11.1 Å². The van der Waals surface area contributed by atoms with Crippen LogP contribution in [-0.2, 0) is 12.8 Å². The summed E-state index contributed by atoms with van der Waals surface area (Å²) in [5, 5.41) is 9.33. The van der Waals surface area contributed by atoms with Gasteiger partial charge in [0.15, 0.2) is 0 Å². The summed E-state index contributed by atoms with van der Waals surface area (Å²) in [6.07, 6.45) is 2.92. The third-order valence-corrected chi connectivity index (χ3v) is 4.04. The fourth-order valence-electron chi connectivity index (χ4n) is 2.91. The molecular formula is C18H17NO4. The molecule has 2 aromatic carbocycles. The van der Waals surface area contributed by atoms with Crippen LogP contribution in [0.2, 0.25) is 0 Å². The quantitative estimate of drug-likeness (QED) is 0.480. The summed E-state index contributed by atoms with van der Waals surface area (Å²) in [5.74, 6) is -1.17. The number of esters is 1. The number of nitrogen functional groups attached to an aromatic ring is 1. The van der Waals surface area contributed by atoms with Crippen LogP contribution in [0.1, 0.15) is 44.7 Å². The van der Waals surface area contributed by atoms with Crippen LogP contribution in [0, 0.1) is 0 Å². The first-order valence-corrected chi connectivity index (χ1v) is 7.52. The van der Waals surface area contributed by atoms with Gasteiger partial charge >= 0.3 is 11.9 Å². The first-order valence-electron chi connectivity index (χ1n) is 7.52. The van der Waals surface area contributed by atoms with E-state index >= 15 is 0 Å². The number of rotatable bonds is 1. The molecule has 2 aromatic rings. The molecular weight excluding hydrogens is 294 g/mol. The van der Waals surface area contributed by atoms with Gasteiger partial charge in [-0.3, -0.25) is 0 Å². The van der Waals surface area contributed by atoms with Crippen LogP contribution in [0.25, 0.3) is 0 Å². The monoisotopic (exact) mass is 311 g/mol. The molecule has 0 atom stereocenters. The SMILES string of the molecule is Nc1ccc2c(c1)CCCCc1c(cccc1C(=O)O)OC2=O. The van der Waals surface area contributed by atoms with Crippen LogP contribution >= 0.6 is 0 Å². The maximum absolute atomic E-state index is 12.5. The Kier molecular flexibility index (Phi) is 4.02. The van der Waals surface area contributed by atoms with Crippen molar-refractivity contribution < 1.29 is 19.4 Å². The molecule has 118 valence electrons. The molecule has 0 bridgehead atoms. The highest BCUT2D eigenvalue weighted by molar-refractivity contribution is 5.94. The zero-order chi connectivity index (χ0) is 16.4. The number of hydrogen-bond donors (Lipinski definition) is 2. The number of carboxylic acids is 1. The highest BCUT2D eigenvalue weighted by Crippen LogP contribution is 2.28. The van der Waals surface area contributed by atoms with Crippen molar-refractivity contribution >= 4 is 17.6 Å². The standard InChI is InChI=1S/C18H17NO4/c19-12-8-9-13-11(10-12)4-1-2-5-14-15(17(20)21)6-3-7-16(14)23-18(13)22/h3,6-10H,1-2,4-5,19H2,(H,20,21). The van der Waals surface area contributed by atoms with E-state index in [0.717, 1.165) is 18.4 Å². The molecule has 1 aliphatic rings. The van der Waals surface area contributed by atoms with Crippen molar-refractivity contribution in [3.05, 3.63) is 58.7 Å². The van der Waals surface area contributed by atoms with E-state index in [1.807, 2.05) is 0 Å². The van der Waals surface area contributed by atoms with Gasteiger partial charge < -0.3 is 15.6 Å². The zero-order valence-electron chi connectivity index (χ0n) is 12.5. The molecule has 3 N–H and O–H groups in total. The number of benzene rings is 2. The fraction of sp³-hybridized carbons (Fsp3) is 0.222. The lowest BCUT2D eigenvalue weighted by molar-refractivity contribution is 0.0684. The molecule has 0 saturated heterocycles. The summed E-state index contributed by atoms with van der Waals surface area (Å²) in [4.78, 5) is 23.9. The lowest BCUT2D eigenvalue weighted by Crippen LogP contribution is -2.15. The Hall–Kier alpha value is -2.82. The third-order valence-electron chi connectivity index (χ3n) is 4.04. The average molecular weight is 311 g/mol. The summed E-state index contributed by atoms with van der Waals surface area (Å²) in [6, 6.07) is 9.89. The number of hydrogen-bond acceptors (Lipinski definition) is 4. The van der Waals surface area contributed by atoms with E-state index in [1.165, 1.54) is 6.07 Å². The number of carbonyl (C=O) groups is 2. The van der Waals surface area contributed by atoms with Crippen molar-refractivity contribution in [3.8, 4) is 5.75 Å². The lowest BCUT2D eigenvalue weighted by Gasteiger charge is -2.16. The first kappa shape index (κ1) is 15.1. The van der Waals surface area contributed by atoms with Gasteiger partial charge in [0, 0.05) is 11.3 Å². The minimum absolute atomic E-state index is 0.188. The maximum Gasteiger partial charge on any atom is 0.343 e. The second kappa shape index (κ2) is 6.12. The predicted octanol–water partition coefficient (Wildman–Crippen LogP) is 3.07. The molecule has 0 saturated carbocycles. The minimum atomic E-state index is -1.01. The van der Waals surface area contributed by atoms with E-state index in [9.17, 15) is 14.7 Å². The summed E-state index contributed by atoms with van der Waals surface area (Å²) in [5.41, 5.74) is 8.53. The number of ether oxygens (including phenoxy) is 1. The molecule has 0 fully saturated rings. The van der Waals surface area contributed by atoms with Gasteiger partial charge in [0.1, 0.15) is 5.75 Å². The topological polar surface area (TPSA) is 89.6 Å². The van der Waals surface area contributed by atoms with E-state index in [-0.39, 0.29) is 5.56 Å². The van der Waals surface area contributed by atoms with Gasteiger partial charge in [-0.05, 0) is 61.6 Å². The van der Waals surface area contributed by atoms with E-state index in [4.69, 9.17) is 10.5 Å². The van der Waals surface area contributed by atoms with Gasteiger partial charge in [-0.1, -0.05) is 6.07 Å². The number of aryl methyl sites for hydroxylation is 1. The number of fused-ring (bicyclic) bond motifs is 2. The second-order valence-corrected chi connectivity index (χ2v) is 5.60. The van der Waals surface area contributed by atoms with Crippen LogP contribution < -0.4 is 10.5 Å². The van der Waals surface area contributed by atoms with Crippen molar-refractivity contribution in [3.63, 3.8) is 0 Å². The maximum atomic E-state index is 12.5. The molecule has 1 heterocycles. The third kappa shape index (κ3) is 3.04. The van der Waals surface area contributed by atoms with Crippen LogP contribution in [-0.4, -0.2) is 17.0 Å². The molecule has 0 amide bonds. The highest BCUT2D eigenvalue weighted by atomic mass is 16.5. The Morgan fingerprint density at radius 2 is 1.91 bits per heavy atom. The molecule has 0 unspecified atom stereocenters. The molecule has 0 radical (unpaired) electrons. The van der Waals surface area contributed by atoms with E-state index in [0.29, 0.717) is 35.4 Å². The number of aromatic carboxylic acids is 1. The van der Waals surface area contributed by atoms with Crippen molar-refractivity contribution in [2.45, 2.75) is 25.7 Å². The van der Waals surface area contributed by atoms with Gasteiger partial charge in [0.2, 0.25) is 0 Å². The van der Waals surface area contributed by atoms with Crippen LogP contribution in [0.3, 0.4) is 0 Å². The first-order chi connectivity index (χ1) is 11.1. The largest absolute Gasteiger partial charge is 0.478 e. The van der Waals surface area contributed by atoms with Gasteiger partial charge in [-0.2, -0.15) is 0 Å². The summed E-state index contributed by atoms with van der Waals surface area (Å²) in [6.45, 7) is 0. The Morgan fingerprint density at radius 1 is 1.13 bits per heavy atom. The minimum Gasteiger partial charge on any atom is -0.478 e. The molecule has 5 nitrogen and oxygen atoms in total. The van der Waals surface area contributed by atoms with E-state index in [1.54, 1.807) is 30.3 Å². The fourth-order valence-corrected chi connectivity index (χ4v) is 2.91.